The molecule has 2 aromatic rings. The van der Waals surface area contributed by atoms with Gasteiger partial charge >= 0.3 is 127 Å². The monoisotopic (exact) mass is 660 g/mol. The zero-order valence-corrected chi connectivity index (χ0v) is 26.9. The van der Waals surface area contributed by atoms with Crippen molar-refractivity contribution in [3.8, 4) is 0 Å². The van der Waals surface area contributed by atoms with E-state index in [1.165, 1.54) is 11.1 Å². The van der Waals surface area contributed by atoms with Crippen LogP contribution in [-0.4, -0.2) is 39.2 Å². The first kappa shape index (κ1) is 49.2. The molecule has 0 unspecified atom stereocenters. The maximum atomic E-state index is 7.50. The first-order valence-electron chi connectivity index (χ1n) is 8.81. The van der Waals surface area contributed by atoms with E-state index in [0.29, 0.717) is 0 Å². The quantitative estimate of drug-likeness (QED) is 0.216. The number of rotatable bonds is 2. The molecule has 0 amide bonds. The Morgan fingerprint density at radius 1 is 0.656 bits per heavy atom. The molecule has 0 spiro atoms. The molecule has 0 atom stereocenters. The molecule has 0 aliphatic rings. The van der Waals surface area contributed by atoms with Crippen molar-refractivity contribution in [3.63, 3.8) is 0 Å². The van der Waals surface area contributed by atoms with Crippen LogP contribution in [0.1, 0.15) is 11.1 Å². The van der Waals surface area contributed by atoms with Crippen molar-refractivity contribution >= 4 is 39.2 Å². The Bertz CT molecular complexity index is 582. The predicted molar refractivity (Wildman–Crippen MR) is 125 cm³/mol. The zero-order chi connectivity index (χ0) is 25.4. The zero-order valence-electron chi connectivity index (χ0n) is 20.0. The molecule has 4 radical (unpaired) electrons. The fraction of sp³-hybridized carbons (Fsp3) is 0.391. The van der Waals surface area contributed by atoms with Crippen LogP contribution in [0.25, 0.3) is 0 Å². The van der Waals surface area contributed by atoms with E-state index in [1.807, 2.05) is 24.3 Å². The summed E-state index contributed by atoms with van der Waals surface area (Å²) in [6.07, 6.45) is 0. The van der Waals surface area contributed by atoms with E-state index < -0.39 is 16.1 Å². The summed E-state index contributed by atoms with van der Waals surface area (Å²) in [5.74, 6) is 0. The first-order valence-corrected chi connectivity index (χ1v) is 17.4. The van der Waals surface area contributed by atoms with Crippen molar-refractivity contribution in [3.05, 3.63) is 86.3 Å². The summed E-state index contributed by atoms with van der Waals surface area (Å²) in [5, 5.41) is 0. The fourth-order valence-electron chi connectivity index (χ4n) is 2.24. The van der Waals surface area contributed by atoms with Gasteiger partial charge in [-0.05, 0) is 0 Å². The smallest absolute Gasteiger partial charge is 0 e. The summed E-state index contributed by atoms with van der Waals surface area (Å²) in [7, 11) is -1.62. The minimum absolute atomic E-state index is 0. The van der Waals surface area contributed by atoms with E-state index >= 15 is 0 Å². The van der Waals surface area contributed by atoms with Crippen LogP contribution in [-0.2, 0) is 52.7 Å². The van der Waals surface area contributed by atoms with Crippen molar-refractivity contribution < 1.29 is 52.7 Å². The van der Waals surface area contributed by atoms with Crippen LogP contribution in [0.15, 0.2) is 48.5 Å². The van der Waals surface area contributed by atoms with Crippen molar-refractivity contribution in [1.82, 2.24) is 0 Å². The van der Waals surface area contributed by atoms with Gasteiger partial charge in [0.25, 0.3) is 0 Å². The molecule has 0 saturated heterocycles. The third kappa shape index (κ3) is 37.3. The van der Waals surface area contributed by atoms with E-state index in [2.05, 4.69) is 127 Å². The molecular formula is C23H33Mn2O4SbSi2-2. The average Bonchev–Trinajstić information content (AvgIpc) is 3.40. The second-order valence-corrected chi connectivity index (χ2v) is 23.6. The third-order valence-electron chi connectivity index (χ3n) is 3.30. The summed E-state index contributed by atoms with van der Waals surface area (Å²) in [6, 6.07) is 16.5. The van der Waals surface area contributed by atoms with E-state index in [-0.39, 0.29) is 34.1 Å². The van der Waals surface area contributed by atoms with E-state index in [9.17, 15) is 0 Å². The summed E-state index contributed by atoms with van der Waals surface area (Å²) in [6.45, 7) is 37.1. The average molecular weight is 661 g/mol. The Labute approximate surface area is 232 Å². The van der Waals surface area contributed by atoms with Crippen LogP contribution < -0.4 is 0 Å². The molecule has 0 aromatic heterocycles. The van der Waals surface area contributed by atoms with Gasteiger partial charge in [-0.2, -0.15) is 36.4 Å². The first-order chi connectivity index (χ1) is 13.9. The van der Waals surface area contributed by atoms with Gasteiger partial charge in [0.1, 0.15) is 0 Å². The van der Waals surface area contributed by atoms with E-state index in [1.54, 1.807) is 0 Å². The largest absolute Gasteiger partial charge is 0 e. The van der Waals surface area contributed by atoms with Crippen LogP contribution in [0.4, 0.5) is 0 Å². The van der Waals surface area contributed by atoms with Gasteiger partial charge in [0.05, 0.1) is 0 Å². The predicted octanol–water partition coefficient (Wildman–Crippen LogP) is 5.97. The van der Waals surface area contributed by atoms with Gasteiger partial charge in [-0.3, -0.25) is 0 Å². The molecule has 0 aliphatic heterocycles. The van der Waals surface area contributed by atoms with Gasteiger partial charge in [-0.25, -0.2) is 23.3 Å². The number of hydrogen-bond acceptors (Lipinski definition) is 0. The molecule has 0 N–H and O–H groups in total. The van der Waals surface area contributed by atoms with Gasteiger partial charge in [0, 0.05) is 34.1 Å². The SMILES string of the molecule is C[Si](C)(C)[CH]([Sb])[Si](C)(C)C.Cc1cc[cH-]c1.Cc1cc[cH-]c1.[C-]#[O+].[C-]#[O+].[C-]#[O+].[C-]#[O+].[Mn].[Mn]. The molecule has 0 fully saturated rings. The Morgan fingerprint density at radius 3 is 0.906 bits per heavy atom. The molecule has 0 bridgehead atoms. The van der Waals surface area contributed by atoms with Gasteiger partial charge in [-0.15, -0.1) is 0 Å². The number of hydrogen-bond donors (Lipinski definition) is 0. The maximum Gasteiger partial charge on any atom is 0 e. The van der Waals surface area contributed by atoms with E-state index in [0.717, 1.165) is 3.11 Å². The van der Waals surface area contributed by atoms with Gasteiger partial charge < -0.3 is 0 Å². The molecular weight excluding hydrogens is 628 g/mol. The van der Waals surface area contributed by atoms with Crippen molar-refractivity contribution in [1.29, 1.82) is 0 Å². The molecule has 9 heteroatoms. The molecule has 32 heavy (non-hydrogen) atoms. The second-order valence-electron chi connectivity index (χ2n) is 8.06. The van der Waals surface area contributed by atoms with Crippen LogP contribution in [0.5, 0.6) is 0 Å². The fourth-order valence-corrected chi connectivity index (χ4v) is 12.6. The maximum absolute atomic E-state index is 7.50. The Kier molecular flexibility index (Phi) is 50.9. The number of aryl methyl sites for hydroxylation is 2. The topological polar surface area (TPSA) is 79.6 Å². The molecule has 0 aliphatic carbocycles. The molecule has 2 aromatic carbocycles. The summed E-state index contributed by atoms with van der Waals surface area (Å²) < 4.78 is 31.1. The van der Waals surface area contributed by atoms with Gasteiger partial charge in [0.15, 0.2) is 0 Å². The van der Waals surface area contributed by atoms with Gasteiger partial charge in [0.2, 0.25) is 0 Å². The Balaban J connectivity index is -0.0000000502. The molecule has 2 rings (SSSR count). The minimum Gasteiger partial charge on any atom is 0 e. The van der Waals surface area contributed by atoms with E-state index in [4.69, 9.17) is 18.6 Å². The third-order valence-corrected chi connectivity index (χ3v) is 25.0. The van der Waals surface area contributed by atoms with Crippen LogP contribution in [0, 0.1) is 40.4 Å². The second kappa shape index (κ2) is 33.1. The van der Waals surface area contributed by atoms with Crippen LogP contribution >= 0.6 is 0 Å². The molecule has 4 nitrogen and oxygen atoms in total. The summed E-state index contributed by atoms with van der Waals surface area (Å²) >= 11 is 2.09. The van der Waals surface area contributed by atoms with Crippen molar-refractivity contribution in [2.24, 2.45) is 0 Å². The Hall–Kier alpha value is -0.0491. The van der Waals surface area contributed by atoms with Crippen molar-refractivity contribution in [2.45, 2.75) is 56.2 Å². The summed E-state index contributed by atoms with van der Waals surface area (Å²) in [5.41, 5.74) is 2.69. The van der Waals surface area contributed by atoms with Crippen LogP contribution in [0.2, 0.25) is 42.4 Å². The molecule has 0 heterocycles. The van der Waals surface area contributed by atoms with Crippen molar-refractivity contribution in [2.75, 3.05) is 0 Å². The Morgan fingerprint density at radius 2 is 0.875 bits per heavy atom. The van der Waals surface area contributed by atoms with Gasteiger partial charge in [-0.1, -0.05) is 13.8 Å². The normalized spacial score (nSPS) is 8.06. The molecule has 0 saturated carbocycles. The van der Waals surface area contributed by atoms with Crippen LogP contribution in [0.3, 0.4) is 0 Å². The minimum atomic E-state index is -0.812. The summed E-state index contributed by atoms with van der Waals surface area (Å²) in [4.78, 5) is 0. The molecule has 178 valence electrons. The standard InChI is InChI=1S/C7H19Si2.2C6H7.4CO.2Mn.Sb/c1-8(2,3)7-9(4,5)6;2*1-6-4-2-3-5-6;4*1-2;;;/h7H,1-6H3;2*2-5H,1H3;;;;;;;/q;2*-1;;;;;;;.